The van der Waals surface area contributed by atoms with Gasteiger partial charge in [0.15, 0.2) is 0 Å². The van der Waals surface area contributed by atoms with Crippen molar-refractivity contribution in [3.05, 3.63) is 33.7 Å². The molecule has 1 fully saturated rings. The number of β-amino-alcohol motifs (C(OH)–C–C–N with tert-alkyl or cyclic N) is 1. The molecule has 0 bridgehead atoms. The smallest absolute Gasteiger partial charge is 0.260 e. The minimum Gasteiger partial charge on any atom is -0.391 e. The quantitative estimate of drug-likeness (QED) is 0.729. The fraction of sp³-hybridized carbons (Fsp3) is 0.571. The van der Waals surface area contributed by atoms with Gasteiger partial charge in [-0.15, -0.1) is 0 Å². The number of amides is 1. The Morgan fingerprint density at radius 1 is 1.39 bits per heavy atom. The van der Waals surface area contributed by atoms with Crippen LogP contribution in [0.5, 0.6) is 0 Å². The second-order valence-corrected chi connectivity index (χ2v) is 8.21. The fourth-order valence-electron chi connectivity index (χ4n) is 2.51. The van der Waals surface area contributed by atoms with E-state index in [0.29, 0.717) is 5.69 Å². The lowest BCUT2D eigenvalue weighted by Gasteiger charge is -2.18. The highest BCUT2D eigenvalue weighted by atomic mass is 32.2. The van der Waals surface area contributed by atoms with Gasteiger partial charge in [-0.3, -0.25) is 9.59 Å². The van der Waals surface area contributed by atoms with E-state index >= 15 is 0 Å². The highest BCUT2D eigenvalue weighted by molar-refractivity contribution is 7.89. The summed E-state index contributed by atoms with van der Waals surface area (Å²) < 4.78 is 24.9. The van der Waals surface area contributed by atoms with Crippen LogP contribution in [0.25, 0.3) is 0 Å². The summed E-state index contributed by atoms with van der Waals surface area (Å²) in [5.41, 5.74) is 0.135. The topological polar surface area (TPSA) is 111 Å². The van der Waals surface area contributed by atoms with Crippen LogP contribution in [0.2, 0.25) is 0 Å². The van der Waals surface area contributed by atoms with Crippen molar-refractivity contribution in [3.63, 3.8) is 0 Å². The zero-order valence-electron chi connectivity index (χ0n) is 13.3. The summed E-state index contributed by atoms with van der Waals surface area (Å²) in [6, 6.07) is 3.06. The molecule has 23 heavy (non-hydrogen) atoms. The van der Waals surface area contributed by atoms with Crippen LogP contribution in [-0.2, 0) is 10.0 Å². The lowest BCUT2D eigenvalue weighted by Crippen LogP contribution is -2.35. The number of rotatable bonds is 4. The molecule has 1 saturated heterocycles. The molecule has 1 aromatic rings. The molecule has 1 aliphatic heterocycles. The Balaban J connectivity index is 2.15. The average molecular weight is 343 g/mol. The number of sulfonamides is 1. The van der Waals surface area contributed by atoms with Gasteiger partial charge in [-0.25, -0.2) is 12.7 Å². The second kappa shape index (κ2) is 6.42. The first-order valence-electron chi connectivity index (χ1n) is 7.19. The number of aromatic nitrogens is 1. The SMILES string of the molecule is Cc1ccc(C(=O)N2C[C@@H](CS(=O)(=O)N(C)C)[C@H](O)C2)c(=O)[nH]1. The van der Waals surface area contributed by atoms with E-state index in [-0.39, 0.29) is 24.4 Å². The summed E-state index contributed by atoms with van der Waals surface area (Å²) in [5, 5.41) is 10.1. The molecule has 0 unspecified atom stereocenters. The van der Waals surface area contributed by atoms with E-state index in [1.807, 2.05) is 0 Å². The van der Waals surface area contributed by atoms with Crippen molar-refractivity contribution < 1.29 is 18.3 Å². The Morgan fingerprint density at radius 2 is 2.04 bits per heavy atom. The van der Waals surface area contributed by atoms with Crippen molar-refractivity contribution in [3.8, 4) is 0 Å². The molecule has 2 N–H and O–H groups in total. The first kappa shape index (κ1) is 17.6. The van der Waals surface area contributed by atoms with E-state index in [2.05, 4.69) is 4.98 Å². The maximum absolute atomic E-state index is 12.4. The molecule has 1 aromatic heterocycles. The largest absolute Gasteiger partial charge is 0.391 e. The molecule has 0 saturated carbocycles. The van der Waals surface area contributed by atoms with Crippen LogP contribution in [0.15, 0.2) is 16.9 Å². The van der Waals surface area contributed by atoms with E-state index < -0.39 is 33.5 Å². The van der Waals surface area contributed by atoms with E-state index in [1.54, 1.807) is 13.0 Å². The highest BCUT2D eigenvalue weighted by Gasteiger charge is 2.38. The lowest BCUT2D eigenvalue weighted by molar-refractivity contribution is 0.0763. The number of likely N-dealkylation sites (tertiary alicyclic amines) is 1. The van der Waals surface area contributed by atoms with Gasteiger partial charge in [-0.2, -0.15) is 0 Å². The van der Waals surface area contributed by atoms with Crippen LogP contribution in [0, 0.1) is 12.8 Å². The molecule has 1 amide bonds. The van der Waals surface area contributed by atoms with Gasteiger partial charge in [0.1, 0.15) is 5.56 Å². The fourth-order valence-corrected chi connectivity index (χ4v) is 3.68. The molecule has 2 heterocycles. The molecular formula is C14H21N3O5S. The predicted molar refractivity (Wildman–Crippen MR) is 84.7 cm³/mol. The van der Waals surface area contributed by atoms with Gasteiger partial charge in [-0.05, 0) is 19.1 Å². The lowest BCUT2D eigenvalue weighted by atomic mass is 10.1. The summed E-state index contributed by atoms with van der Waals surface area (Å²) in [6.07, 6.45) is -0.932. The zero-order chi connectivity index (χ0) is 17.4. The van der Waals surface area contributed by atoms with E-state index in [0.717, 1.165) is 4.31 Å². The Bertz CT molecular complexity index is 756. The zero-order valence-corrected chi connectivity index (χ0v) is 14.1. The molecule has 1 aliphatic rings. The summed E-state index contributed by atoms with van der Waals surface area (Å²) in [6.45, 7) is 1.82. The standard InChI is InChI=1S/C14H21N3O5S/c1-9-4-5-11(13(19)15-9)14(20)17-6-10(12(18)7-17)8-23(21,22)16(2)3/h4-5,10,12,18H,6-8H2,1-3H3,(H,15,19)/t10-,12+/m0/s1. The van der Waals surface area contributed by atoms with Gasteiger partial charge in [0.25, 0.3) is 11.5 Å². The number of hydrogen-bond donors (Lipinski definition) is 2. The third-order valence-electron chi connectivity index (χ3n) is 3.96. The van der Waals surface area contributed by atoms with E-state index in [1.165, 1.54) is 25.1 Å². The molecule has 9 heteroatoms. The maximum Gasteiger partial charge on any atom is 0.260 e. The first-order valence-corrected chi connectivity index (χ1v) is 8.80. The van der Waals surface area contributed by atoms with Gasteiger partial charge in [0.05, 0.1) is 11.9 Å². The Labute approximate surface area is 134 Å². The molecule has 0 aliphatic carbocycles. The third-order valence-corrected chi connectivity index (χ3v) is 5.92. The van der Waals surface area contributed by atoms with Crippen molar-refractivity contribution >= 4 is 15.9 Å². The average Bonchev–Trinajstić information content (AvgIpc) is 2.78. The van der Waals surface area contributed by atoms with Crippen LogP contribution >= 0.6 is 0 Å². The van der Waals surface area contributed by atoms with E-state index in [4.69, 9.17) is 0 Å². The van der Waals surface area contributed by atoms with Crippen LogP contribution in [0.3, 0.4) is 0 Å². The van der Waals surface area contributed by atoms with Gasteiger partial charge in [0, 0.05) is 38.8 Å². The number of carbonyl (C=O) groups is 1. The molecule has 2 atom stereocenters. The number of aliphatic hydroxyl groups excluding tert-OH is 1. The summed E-state index contributed by atoms with van der Waals surface area (Å²) in [4.78, 5) is 28.1. The summed E-state index contributed by atoms with van der Waals surface area (Å²) in [7, 11) is -0.631. The van der Waals surface area contributed by atoms with Crippen LogP contribution in [0.1, 0.15) is 16.1 Å². The van der Waals surface area contributed by atoms with Gasteiger partial charge in [0.2, 0.25) is 10.0 Å². The number of carbonyl (C=O) groups excluding carboxylic acids is 1. The normalized spacial score (nSPS) is 21.9. The second-order valence-electron chi connectivity index (χ2n) is 5.98. The van der Waals surface area contributed by atoms with Crippen LogP contribution in [0.4, 0.5) is 0 Å². The van der Waals surface area contributed by atoms with Crippen LogP contribution < -0.4 is 5.56 Å². The minimum atomic E-state index is -3.47. The van der Waals surface area contributed by atoms with Crippen molar-refractivity contribution in [1.29, 1.82) is 0 Å². The number of aliphatic hydroxyl groups is 1. The van der Waals surface area contributed by atoms with Crippen molar-refractivity contribution in [2.75, 3.05) is 32.9 Å². The Morgan fingerprint density at radius 3 is 2.61 bits per heavy atom. The maximum atomic E-state index is 12.4. The van der Waals surface area contributed by atoms with Crippen molar-refractivity contribution in [2.45, 2.75) is 13.0 Å². The Kier molecular flexibility index (Phi) is 4.92. The molecule has 8 nitrogen and oxygen atoms in total. The number of nitrogens with one attached hydrogen (secondary N) is 1. The van der Waals surface area contributed by atoms with Gasteiger partial charge in [-0.1, -0.05) is 0 Å². The molecular weight excluding hydrogens is 322 g/mol. The van der Waals surface area contributed by atoms with Gasteiger partial charge >= 0.3 is 0 Å². The molecule has 0 aromatic carbocycles. The summed E-state index contributed by atoms with van der Waals surface area (Å²) >= 11 is 0. The van der Waals surface area contributed by atoms with Crippen molar-refractivity contribution in [1.82, 2.24) is 14.2 Å². The van der Waals surface area contributed by atoms with Crippen molar-refractivity contribution in [2.24, 2.45) is 5.92 Å². The van der Waals surface area contributed by atoms with Crippen LogP contribution in [-0.4, -0.2) is 72.7 Å². The first-order chi connectivity index (χ1) is 10.6. The predicted octanol–water partition coefficient (Wildman–Crippen LogP) is -0.992. The number of H-pyrrole nitrogens is 1. The minimum absolute atomic E-state index is 0.0137. The number of aromatic amines is 1. The van der Waals surface area contributed by atoms with Gasteiger partial charge < -0.3 is 15.0 Å². The number of pyridine rings is 1. The molecule has 0 spiro atoms. The Hall–Kier alpha value is -1.71. The molecule has 2 rings (SSSR count). The number of nitrogens with zero attached hydrogens (tertiary/aromatic N) is 2. The molecule has 128 valence electrons. The monoisotopic (exact) mass is 343 g/mol. The third kappa shape index (κ3) is 3.80. The summed E-state index contributed by atoms with van der Waals surface area (Å²) in [5.74, 6) is -1.32. The van der Waals surface area contributed by atoms with E-state index in [9.17, 15) is 23.1 Å². The molecule has 0 radical (unpaired) electrons. The highest BCUT2D eigenvalue weighted by Crippen LogP contribution is 2.21. The number of hydrogen-bond acceptors (Lipinski definition) is 5. The number of aryl methyl sites for hydroxylation is 1.